The molecule has 0 bridgehead atoms. The summed E-state index contributed by atoms with van der Waals surface area (Å²) < 4.78 is 5.69. The normalized spacial score (nSPS) is 18.6. The standard InChI is InChI=1S/C29H37N3O2/c1-29(2,3)25-12-10-22(11-13-25)27-18-26(31-34-27)16-24-19-30-15-14-23(24)17-28(33)32(4)20-21-8-6-5-7-9-21/h5-13,18,23-24,30H,14-17,19-20H2,1-4H3/t23-,24+/m0/s1. The second kappa shape index (κ2) is 10.6. The lowest BCUT2D eigenvalue weighted by Crippen LogP contribution is -2.40. The van der Waals surface area contributed by atoms with Crippen LogP contribution in [0.2, 0.25) is 0 Å². The molecule has 0 unspecified atom stereocenters. The summed E-state index contributed by atoms with van der Waals surface area (Å²) in [4.78, 5) is 14.8. The number of rotatable bonds is 7. The zero-order valence-electron chi connectivity index (χ0n) is 20.9. The van der Waals surface area contributed by atoms with E-state index in [1.54, 1.807) is 0 Å². The molecule has 0 aliphatic carbocycles. The average Bonchev–Trinajstić information content (AvgIpc) is 3.29. The summed E-state index contributed by atoms with van der Waals surface area (Å²) in [5.41, 5.74) is 4.59. The average molecular weight is 460 g/mol. The lowest BCUT2D eigenvalue weighted by Gasteiger charge is -2.32. The van der Waals surface area contributed by atoms with Crippen LogP contribution in [0.5, 0.6) is 0 Å². The summed E-state index contributed by atoms with van der Waals surface area (Å²) in [5, 5.41) is 7.87. The van der Waals surface area contributed by atoms with Gasteiger partial charge in [-0.05, 0) is 54.3 Å². The molecule has 0 spiro atoms. The van der Waals surface area contributed by atoms with Gasteiger partial charge in [0.05, 0.1) is 5.69 Å². The highest BCUT2D eigenvalue weighted by atomic mass is 16.5. The highest BCUT2D eigenvalue weighted by molar-refractivity contribution is 5.76. The second-order valence-corrected chi connectivity index (χ2v) is 10.7. The summed E-state index contributed by atoms with van der Waals surface area (Å²) >= 11 is 0. The van der Waals surface area contributed by atoms with Crippen LogP contribution in [-0.2, 0) is 23.2 Å². The van der Waals surface area contributed by atoms with Gasteiger partial charge in [0.15, 0.2) is 5.76 Å². The van der Waals surface area contributed by atoms with Gasteiger partial charge in [0.1, 0.15) is 0 Å². The number of piperidine rings is 1. The van der Waals surface area contributed by atoms with Crippen molar-refractivity contribution in [3.05, 3.63) is 77.5 Å². The minimum Gasteiger partial charge on any atom is -0.356 e. The third-order valence-corrected chi connectivity index (χ3v) is 6.96. The van der Waals surface area contributed by atoms with Gasteiger partial charge in [-0.3, -0.25) is 4.79 Å². The van der Waals surface area contributed by atoms with Gasteiger partial charge >= 0.3 is 0 Å². The van der Waals surface area contributed by atoms with Gasteiger partial charge in [0, 0.05) is 31.6 Å². The minimum atomic E-state index is 0.126. The first-order chi connectivity index (χ1) is 16.3. The van der Waals surface area contributed by atoms with Crippen molar-refractivity contribution in [3.8, 4) is 11.3 Å². The largest absolute Gasteiger partial charge is 0.356 e. The summed E-state index contributed by atoms with van der Waals surface area (Å²) in [7, 11) is 1.90. The van der Waals surface area contributed by atoms with E-state index in [1.807, 2.05) is 30.1 Å². The van der Waals surface area contributed by atoms with Gasteiger partial charge in [-0.1, -0.05) is 80.5 Å². The summed E-state index contributed by atoms with van der Waals surface area (Å²) in [6.07, 6.45) is 2.40. The van der Waals surface area contributed by atoms with E-state index in [0.717, 1.165) is 48.5 Å². The Balaban J connectivity index is 1.38. The smallest absolute Gasteiger partial charge is 0.222 e. The Morgan fingerprint density at radius 3 is 2.53 bits per heavy atom. The number of carbonyl (C=O) groups is 1. The molecule has 0 radical (unpaired) electrons. The number of carbonyl (C=O) groups excluding carboxylic acids is 1. The first-order valence-corrected chi connectivity index (χ1v) is 12.3. The minimum absolute atomic E-state index is 0.126. The Bertz CT molecular complexity index is 1070. The SMILES string of the molecule is CN(Cc1ccccc1)C(=O)C[C@@H]1CCNC[C@H]1Cc1cc(-c2ccc(C(C)(C)C)cc2)on1. The molecule has 1 aromatic heterocycles. The third kappa shape index (κ3) is 6.15. The summed E-state index contributed by atoms with van der Waals surface area (Å²) in [5.74, 6) is 1.72. The first-order valence-electron chi connectivity index (χ1n) is 12.3. The molecule has 1 amide bonds. The van der Waals surface area contributed by atoms with Gasteiger partial charge < -0.3 is 14.7 Å². The molecule has 5 nitrogen and oxygen atoms in total. The monoisotopic (exact) mass is 459 g/mol. The van der Waals surface area contributed by atoms with E-state index in [9.17, 15) is 4.79 Å². The number of aromatic nitrogens is 1. The number of hydrogen-bond donors (Lipinski definition) is 1. The summed E-state index contributed by atoms with van der Waals surface area (Å²) in [6.45, 7) is 9.16. The van der Waals surface area contributed by atoms with E-state index in [4.69, 9.17) is 4.52 Å². The molecule has 5 heteroatoms. The van der Waals surface area contributed by atoms with E-state index in [-0.39, 0.29) is 11.3 Å². The van der Waals surface area contributed by atoms with Crippen molar-refractivity contribution in [2.75, 3.05) is 20.1 Å². The molecule has 34 heavy (non-hydrogen) atoms. The number of nitrogens with zero attached hydrogens (tertiary/aromatic N) is 2. The van der Waals surface area contributed by atoms with Crippen molar-refractivity contribution in [1.82, 2.24) is 15.4 Å². The van der Waals surface area contributed by atoms with E-state index in [0.29, 0.717) is 24.8 Å². The topological polar surface area (TPSA) is 58.4 Å². The molecular weight excluding hydrogens is 422 g/mol. The third-order valence-electron chi connectivity index (χ3n) is 6.96. The quantitative estimate of drug-likeness (QED) is 0.510. The van der Waals surface area contributed by atoms with Crippen LogP contribution < -0.4 is 5.32 Å². The predicted octanol–water partition coefficient (Wildman–Crippen LogP) is 5.46. The Kier molecular flexibility index (Phi) is 7.52. The van der Waals surface area contributed by atoms with Crippen LogP contribution in [0.25, 0.3) is 11.3 Å². The molecule has 3 aromatic rings. The molecule has 1 N–H and O–H groups in total. The van der Waals surface area contributed by atoms with Crippen LogP contribution in [0.1, 0.15) is 50.4 Å². The van der Waals surface area contributed by atoms with E-state index >= 15 is 0 Å². The second-order valence-electron chi connectivity index (χ2n) is 10.7. The maximum absolute atomic E-state index is 13.0. The molecule has 4 rings (SSSR count). The Hall–Kier alpha value is -2.92. The highest BCUT2D eigenvalue weighted by Gasteiger charge is 2.29. The molecule has 180 valence electrons. The lowest BCUT2D eigenvalue weighted by molar-refractivity contribution is -0.132. The van der Waals surface area contributed by atoms with E-state index in [1.165, 1.54) is 5.56 Å². The van der Waals surface area contributed by atoms with Crippen LogP contribution in [0.3, 0.4) is 0 Å². The van der Waals surface area contributed by atoms with Crippen molar-refractivity contribution in [2.45, 2.75) is 52.0 Å². The van der Waals surface area contributed by atoms with E-state index < -0.39 is 0 Å². The molecule has 2 heterocycles. The van der Waals surface area contributed by atoms with Crippen LogP contribution in [-0.4, -0.2) is 36.1 Å². The fourth-order valence-electron chi connectivity index (χ4n) is 4.76. The predicted molar refractivity (Wildman–Crippen MR) is 136 cm³/mol. The Morgan fingerprint density at radius 2 is 1.82 bits per heavy atom. The van der Waals surface area contributed by atoms with Gasteiger partial charge in [-0.15, -0.1) is 0 Å². The molecule has 0 saturated carbocycles. The maximum atomic E-state index is 13.0. The van der Waals surface area contributed by atoms with Crippen LogP contribution in [0.15, 0.2) is 65.2 Å². The number of benzene rings is 2. The fourth-order valence-corrected chi connectivity index (χ4v) is 4.76. The van der Waals surface area contributed by atoms with Gasteiger partial charge in [0.2, 0.25) is 5.91 Å². The van der Waals surface area contributed by atoms with Crippen molar-refractivity contribution in [3.63, 3.8) is 0 Å². The lowest BCUT2D eigenvalue weighted by atomic mass is 9.81. The van der Waals surface area contributed by atoms with Crippen molar-refractivity contribution in [2.24, 2.45) is 11.8 Å². The molecular formula is C29H37N3O2. The van der Waals surface area contributed by atoms with Gasteiger partial charge in [-0.2, -0.15) is 0 Å². The van der Waals surface area contributed by atoms with Crippen LogP contribution >= 0.6 is 0 Å². The van der Waals surface area contributed by atoms with Crippen molar-refractivity contribution < 1.29 is 9.32 Å². The molecule has 1 aliphatic rings. The van der Waals surface area contributed by atoms with Crippen LogP contribution in [0, 0.1) is 11.8 Å². The molecule has 1 fully saturated rings. The maximum Gasteiger partial charge on any atom is 0.222 e. The number of nitrogens with one attached hydrogen (secondary N) is 1. The van der Waals surface area contributed by atoms with Gasteiger partial charge in [0.25, 0.3) is 0 Å². The molecule has 1 saturated heterocycles. The van der Waals surface area contributed by atoms with E-state index in [2.05, 4.69) is 73.7 Å². The molecule has 1 aliphatic heterocycles. The van der Waals surface area contributed by atoms with Crippen molar-refractivity contribution >= 4 is 5.91 Å². The zero-order chi connectivity index (χ0) is 24.1. The zero-order valence-corrected chi connectivity index (χ0v) is 20.9. The molecule has 2 aromatic carbocycles. The first kappa shape index (κ1) is 24.2. The molecule has 2 atom stereocenters. The summed E-state index contributed by atoms with van der Waals surface area (Å²) in [6, 6.07) is 20.8. The van der Waals surface area contributed by atoms with Gasteiger partial charge in [-0.25, -0.2) is 0 Å². The Labute approximate surface area is 203 Å². The van der Waals surface area contributed by atoms with Crippen molar-refractivity contribution in [1.29, 1.82) is 0 Å². The fraction of sp³-hybridized carbons (Fsp3) is 0.448. The Morgan fingerprint density at radius 1 is 1.09 bits per heavy atom. The number of amides is 1. The highest BCUT2D eigenvalue weighted by Crippen LogP contribution is 2.30. The number of hydrogen-bond acceptors (Lipinski definition) is 4. The van der Waals surface area contributed by atoms with Crippen LogP contribution in [0.4, 0.5) is 0 Å².